The van der Waals surface area contributed by atoms with Crippen LogP contribution in [0.1, 0.15) is 21.9 Å². The maximum absolute atomic E-state index is 5.17. The number of methoxy groups -OCH3 is 1. The van der Waals surface area contributed by atoms with Gasteiger partial charge in [0.05, 0.1) is 13.7 Å². The maximum atomic E-state index is 5.17. The van der Waals surface area contributed by atoms with Gasteiger partial charge in [-0.15, -0.1) is 35.3 Å². The molecule has 0 amide bonds. The largest absolute Gasteiger partial charge is 0.497 e. The predicted octanol–water partition coefficient (Wildman–Crippen LogP) is 3.38. The molecule has 0 aliphatic rings. The van der Waals surface area contributed by atoms with Crippen LogP contribution >= 0.6 is 35.3 Å². The predicted molar refractivity (Wildman–Crippen MR) is 112 cm³/mol. The van der Waals surface area contributed by atoms with Gasteiger partial charge in [0.15, 0.2) is 5.96 Å². The second-order valence-electron chi connectivity index (χ2n) is 5.17. The lowest BCUT2D eigenvalue weighted by atomic mass is 10.1. The van der Waals surface area contributed by atoms with E-state index in [0.29, 0.717) is 6.54 Å². The highest BCUT2D eigenvalue weighted by Gasteiger charge is 2.01. The lowest BCUT2D eigenvalue weighted by Gasteiger charge is -2.11. The summed E-state index contributed by atoms with van der Waals surface area (Å²) >= 11 is 1.70. The van der Waals surface area contributed by atoms with Gasteiger partial charge < -0.3 is 15.4 Å². The first kappa shape index (κ1) is 20.7. The summed E-state index contributed by atoms with van der Waals surface area (Å²) in [6.45, 7) is 3.65. The molecule has 0 saturated heterocycles. The number of guanidine groups is 1. The topological polar surface area (TPSA) is 58.5 Å². The molecule has 1 heterocycles. The highest BCUT2D eigenvalue weighted by Crippen LogP contribution is 2.12. The molecule has 0 fully saturated rings. The average molecular weight is 460 g/mol. The lowest BCUT2D eigenvalue weighted by Crippen LogP contribution is -2.37. The highest BCUT2D eigenvalue weighted by molar-refractivity contribution is 14.0. The smallest absolute Gasteiger partial charge is 0.191 e. The van der Waals surface area contributed by atoms with E-state index in [9.17, 15) is 0 Å². The maximum Gasteiger partial charge on any atom is 0.191 e. The van der Waals surface area contributed by atoms with Crippen molar-refractivity contribution in [3.05, 3.63) is 45.9 Å². The minimum Gasteiger partial charge on any atom is -0.497 e. The Morgan fingerprint density at radius 2 is 2.00 bits per heavy atom. The molecule has 0 aliphatic heterocycles. The molecule has 7 heteroatoms. The number of nitrogens with one attached hydrogen (secondary N) is 2. The fourth-order valence-electron chi connectivity index (χ4n) is 2.15. The summed E-state index contributed by atoms with van der Waals surface area (Å²) in [6, 6.07) is 8.21. The molecule has 2 N–H and O–H groups in total. The Labute approximate surface area is 165 Å². The molecule has 5 nitrogen and oxygen atoms in total. The number of thiazole rings is 1. The molecule has 1 aromatic carbocycles. The van der Waals surface area contributed by atoms with Crippen molar-refractivity contribution in [1.82, 2.24) is 15.6 Å². The van der Waals surface area contributed by atoms with E-state index in [-0.39, 0.29) is 24.0 Å². The molecule has 2 aromatic rings. The first-order valence-electron chi connectivity index (χ1n) is 7.70. The molecule has 0 radical (unpaired) electrons. The number of rotatable bonds is 7. The van der Waals surface area contributed by atoms with Crippen molar-refractivity contribution >= 4 is 41.3 Å². The molecular weight excluding hydrogens is 435 g/mol. The van der Waals surface area contributed by atoms with Crippen LogP contribution in [0, 0.1) is 6.92 Å². The first-order chi connectivity index (χ1) is 11.2. The summed E-state index contributed by atoms with van der Waals surface area (Å²) in [5, 5.41) is 7.69. The van der Waals surface area contributed by atoms with Crippen LogP contribution < -0.4 is 15.4 Å². The van der Waals surface area contributed by atoms with Crippen molar-refractivity contribution in [3.63, 3.8) is 0 Å². The van der Waals surface area contributed by atoms with Crippen molar-refractivity contribution in [1.29, 1.82) is 0 Å². The molecule has 0 spiro atoms. The van der Waals surface area contributed by atoms with E-state index in [2.05, 4.69) is 39.7 Å². The van der Waals surface area contributed by atoms with Gasteiger partial charge >= 0.3 is 0 Å². The van der Waals surface area contributed by atoms with Crippen molar-refractivity contribution < 1.29 is 4.74 Å². The number of aliphatic imine (C=N–C) groups is 1. The van der Waals surface area contributed by atoms with Crippen molar-refractivity contribution in [2.45, 2.75) is 26.3 Å². The van der Waals surface area contributed by atoms with E-state index < -0.39 is 0 Å². The molecule has 0 aliphatic carbocycles. The van der Waals surface area contributed by atoms with Gasteiger partial charge in [0.25, 0.3) is 0 Å². The number of aromatic nitrogens is 1. The fourth-order valence-corrected chi connectivity index (χ4v) is 2.88. The Bertz CT molecular complexity index is 628. The van der Waals surface area contributed by atoms with Gasteiger partial charge in [-0.1, -0.05) is 12.1 Å². The summed E-state index contributed by atoms with van der Waals surface area (Å²) in [6.07, 6.45) is 3.97. The lowest BCUT2D eigenvalue weighted by molar-refractivity contribution is 0.414. The zero-order valence-electron chi connectivity index (χ0n) is 14.3. The minimum atomic E-state index is 0. The summed E-state index contributed by atoms with van der Waals surface area (Å²) in [5.41, 5.74) is 1.31. The normalized spacial score (nSPS) is 10.9. The molecule has 0 saturated carbocycles. The SMILES string of the molecule is CN=C(NCCCc1ccc(OC)cc1)NCc1ncc(C)s1.I. The van der Waals surface area contributed by atoms with Gasteiger partial charge in [-0.3, -0.25) is 4.99 Å². The molecule has 0 bridgehead atoms. The zero-order chi connectivity index (χ0) is 16.5. The number of hydrogen-bond acceptors (Lipinski definition) is 4. The number of hydrogen-bond donors (Lipinski definition) is 2. The van der Waals surface area contributed by atoms with E-state index in [1.807, 2.05) is 18.3 Å². The van der Waals surface area contributed by atoms with Crippen molar-refractivity contribution in [2.75, 3.05) is 20.7 Å². The van der Waals surface area contributed by atoms with Crippen LogP contribution in [0.4, 0.5) is 0 Å². The minimum absolute atomic E-state index is 0. The van der Waals surface area contributed by atoms with Crippen LogP contribution in [0.2, 0.25) is 0 Å². The van der Waals surface area contributed by atoms with Crippen molar-refractivity contribution in [2.24, 2.45) is 4.99 Å². The monoisotopic (exact) mass is 460 g/mol. The molecular formula is C17H25IN4OS. The first-order valence-corrected chi connectivity index (χ1v) is 8.51. The van der Waals surface area contributed by atoms with Gasteiger partial charge in [-0.25, -0.2) is 4.98 Å². The Kier molecular flexibility index (Phi) is 9.70. The van der Waals surface area contributed by atoms with E-state index in [1.54, 1.807) is 25.5 Å². The van der Waals surface area contributed by atoms with Gasteiger partial charge in [0, 0.05) is 24.7 Å². The van der Waals surface area contributed by atoms with Crippen molar-refractivity contribution in [3.8, 4) is 5.75 Å². The van der Waals surface area contributed by atoms with E-state index >= 15 is 0 Å². The molecule has 132 valence electrons. The van der Waals surface area contributed by atoms with Crippen LogP contribution in [-0.4, -0.2) is 31.6 Å². The second kappa shape index (κ2) is 11.2. The zero-order valence-corrected chi connectivity index (χ0v) is 17.5. The molecule has 0 unspecified atom stereocenters. The summed E-state index contributed by atoms with van der Waals surface area (Å²) in [5.74, 6) is 1.71. The number of ether oxygens (including phenoxy) is 1. The number of nitrogens with zero attached hydrogens (tertiary/aromatic N) is 2. The standard InChI is InChI=1S/C17H24N4OS.HI/c1-13-11-20-16(23-13)12-21-17(18-2)19-10-4-5-14-6-8-15(22-3)9-7-14;/h6-9,11H,4-5,10,12H2,1-3H3,(H2,18,19,21);1H. The van der Waals surface area contributed by atoms with Gasteiger partial charge in [0.2, 0.25) is 0 Å². The number of halogens is 1. The molecule has 1 aromatic heterocycles. The third-order valence-corrected chi connectivity index (χ3v) is 4.31. The number of aryl methyl sites for hydroxylation is 2. The molecule has 24 heavy (non-hydrogen) atoms. The van der Waals surface area contributed by atoms with Crippen LogP contribution in [0.15, 0.2) is 35.5 Å². The van der Waals surface area contributed by atoms with Crippen LogP contribution in [-0.2, 0) is 13.0 Å². The molecule has 0 atom stereocenters. The van der Waals surface area contributed by atoms with E-state index in [0.717, 1.165) is 36.1 Å². The quantitative estimate of drug-likeness (QED) is 0.288. The van der Waals surface area contributed by atoms with Gasteiger partial charge in [0.1, 0.15) is 10.8 Å². The average Bonchev–Trinajstić information content (AvgIpc) is 3.00. The highest BCUT2D eigenvalue weighted by atomic mass is 127. The summed E-state index contributed by atoms with van der Waals surface area (Å²) < 4.78 is 5.17. The molecule has 2 rings (SSSR count). The van der Waals surface area contributed by atoms with Crippen LogP contribution in [0.25, 0.3) is 0 Å². The number of benzene rings is 1. The van der Waals surface area contributed by atoms with Crippen LogP contribution in [0.5, 0.6) is 5.75 Å². The van der Waals surface area contributed by atoms with Crippen LogP contribution in [0.3, 0.4) is 0 Å². The van der Waals surface area contributed by atoms with Gasteiger partial charge in [-0.2, -0.15) is 0 Å². The second-order valence-corrected chi connectivity index (χ2v) is 6.49. The summed E-state index contributed by atoms with van der Waals surface area (Å²) in [4.78, 5) is 9.79. The van der Waals surface area contributed by atoms with E-state index in [4.69, 9.17) is 4.74 Å². The summed E-state index contributed by atoms with van der Waals surface area (Å²) in [7, 11) is 3.47. The Hall–Kier alpha value is -1.35. The fraction of sp³-hybridized carbons (Fsp3) is 0.412. The van der Waals surface area contributed by atoms with Gasteiger partial charge in [-0.05, 0) is 37.5 Å². The Morgan fingerprint density at radius 1 is 1.25 bits per heavy atom. The third kappa shape index (κ3) is 7.04. The van der Waals surface area contributed by atoms with E-state index in [1.165, 1.54) is 10.4 Å². The Balaban J connectivity index is 0.00000288. The Morgan fingerprint density at radius 3 is 2.58 bits per heavy atom. The third-order valence-electron chi connectivity index (χ3n) is 3.39.